The van der Waals surface area contributed by atoms with Crippen LogP contribution in [0.4, 0.5) is 0 Å². The predicted octanol–water partition coefficient (Wildman–Crippen LogP) is 0.586. The maximum Gasteiger partial charge on any atom is 0.227 e. The summed E-state index contributed by atoms with van der Waals surface area (Å²) in [6, 6.07) is 1.98. The molecule has 116 valence electrons. The Balaban J connectivity index is 1.52. The largest absolute Gasteiger partial charge is 0.387 e. The number of ether oxygens (including phenoxy) is 1. The lowest BCUT2D eigenvalue weighted by molar-refractivity contribution is -0.130. The maximum absolute atomic E-state index is 12.3. The Morgan fingerprint density at radius 1 is 1.38 bits per heavy atom. The molecule has 6 heteroatoms. The SMILES string of the molecule is O=C(Cc1ccsc1)N1CC[C@@](O)(CN2CCOCC2)C1. The van der Waals surface area contributed by atoms with Crippen LogP contribution in [0.2, 0.25) is 0 Å². The minimum atomic E-state index is -0.762. The molecule has 0 radical (unpaired) electrons. The molecule has 2 saturated heterocycles. The van der Waals surface area contributed by atoms with E-state index >= 15 is 0 Å². The number of carbonyl (C=O) groups excluding carboxylic acids is 1. The highest BCUT2D eigenvalue weighted by Crippen LogP contribution is 2.24. The zero-order valence-electron chi connectivity index (χ0n) is 12.2. The molecule has 1 atom stereocenters. The molecular formula is C15H22N2O3S. The second-order valence-corrected chi connectivity index (χ2v) is 6.77. The van der Waals surface area contributed by atoms with Gasteiger partial charge in [-0.15, -0.1) is 0 Å². The van der Waals surface area contributed by atoms with E-state index in [-0.39, 0.29) is 5.91 Å². The fraction of sp³-hybridized carbons (Fsp3) is 0.667. The molecule has 1 aromatic heterocycles. The van der Waals surface area contributed by atoms with Gasteiger partial charge in [-0.3, -0.25) is 9.69 Å². The number of amides is 1. The van der Waals surface area contributed by atoms with Crippen molar-refractivity contribution < 1.29 is 14.6 Å². The molecule has 0 unspecified atom stereocenters. The normalized spacial score (nSPS) is 27.2. The molecule has 3 rings (SSSR count). The molecular weight excluding hydrogens is 288 g/mol. The van der Waals surface area contributed by atoms with Crippen LogP contribution < -0.4 is 0 Å². The van der Waals surface area contributed by atoms with Crippen molar-refractivity contribution in [2.45, 2.75) is 18.4 Å². The van der Waals surface area contributed by atoms with Crippen LogP contribution in [-0.2, 0) is 16.0 Å². The van der Waals surface area contributed by atoms with E-state index in [0.29, 0.717) is 32.5 Å². The number of nitrogens with zero attached hydrogens (tertiary/aromatic N) is 2. The Morgan fingerprint density at radius 3 is 2.90 bits per heavy atom. The third-order valence-corrected chi connectivity index (χ3v) is 4.97. The third kappa shape index (κ3) is 3.83. The summed E-state index contributed by atoms with van der Waals surface area (Å²) in [5.74, 6) is 0.117. The minimum absolute atomic E-state index is 0.117. The van der Waals surface area contributed by atoms with E-state index in [4.69, 9.17) is 4.74 Å². The van der Waals surface area contributed by atoms with Crippen molar-refractivity contribution in [3.63, 3.8) is 0 Å². The molecule has 1 N–H and O–H groups in total. The van der Waals surface area contributed by atoms with Gasteiger partial charge in [-0.2, -0.15) is 11.3 Å². The number of aliphatic hydroxyl groups is 1. The number of β-amino-alcohol motifs (C(OH)–C–C–N with tert-alkyl or cyclic N) is 1. The number of hydrogen-bond acceptors (Lipinski definition) is 5. The maximum atomic E-state index is 12.3. The average molecular weight is 310 g/mol. The second-order valence-electron chi connectivity index (χ2n) is 5.99. The van der Waals surface area contributed by atoms with Crippen LogP contribution in [0.5, 0.6) is 0 Å². The number of hydrogen-bond donors (Lipinski definition) is 1. The lowest BCUT2D eigenvalue weighted by Crippen LogP contribution is -2.49. The quantitative estimate of drug-likeness (QED) is 0.884. The minimum Gasteiger partial charge on any atom is -0.387 e. The lowest BCUT2D eigenvalue weighted by atomic mass is 10.0. The van der Waals surface area contributed by atoms with E-state index in [0.717, 1.165) is 31.9 Å². The molecule has 0 aliphatic carbocycles. The molecule has 1 aromatic rings. The number of carbonyl (C=O) groups is 1. The second kappa shape index (κ2) is 6.44. The molecule has 5 nitrogen and oxygen atoms in total. The smallest absolute Gasteiger partial charge is 0.227 e. The molecule has 3 heterocycles. The summed E-state index contributed by atoms with van der Waals surface area (Å²) in [6.07, 6.45) is 1.11. The Bertz CT molecular complexity index is 473. The lowest BCUT2D eigenvalue weighted by Gasteiger charge is -2.33. The van der Waals surface area contributed by atoms with Crippen molar-refractivity contribution in [2.75, 3.05) is 45.9 Å². The summed E-state index contributed by atoms with van der Waals surface area (Å²) in [5.41, 5.74) is 0.301. The van der Waals surface area contributed by atoms with Gasteiger partial charge in [0.15, 0.2) is 0 Å². The van der Waals surface area contributed by atoms with Gasteiger partial charge in [0.2, 0.25) is 5.91 Å². The molecule has 2 aliphatic rings. The van der Waals surface area contributed by atoms with Gasteiger partial charge in [0.25, 0.3) is 0 Å². The highest BCUT2D eigenvalue weighted by molar-refractivity contribution is 7.07. The van der Waals surface area contributed by atoms with Gasteiger partial charge >= 0.3 is 0 Å². The summed E-state index contributed by atoms with van der Waals surface area (Å²) in [5, 5.41) is 14.7. The van der Waals surface area contributed by atoms with Crippen molar-refractivity contribution in [1.82, 2.24) is 9.80 Å². The van der Waals surface area contributed by atoms with Gasteiger partial charge in [0.1, 0.15) is 0 Å². The summed E-state index contributed by atoms with van der Waals surface area (Å²) in [7, 11) is 0. The van der Waals surface area contributed by atoms with Gasteiger partial charge in [0.05, 0.1) is 31.8 Å². The fourth-order valence-electron chi connectivity index (χ4n) is 3.05. The number of morpholine rings is 1. The van der Waals surface area contributed by atoms with E-state index in [9.17, 15) is 9.90 Å². The Morgan fingerprint density at radius 2 is 2.19 bits per heavy atom. The van der Waals surface area contributed by atoms with Crippen molar-refractivity contribution >= 4 is 17.2 Å². The van der Waals surface area contributed by atoms with Crippen LogP contribution >= 0.6 is 11.3 Å². The van der Waals surface area contributed by atoms with E-state index < -0.39 is 5.60 Å². The van der Waals surface area contributed by atoms with Gasteiger partial charge in [-0.05, 0) is 28.8 Å². The highest BCUT2D eigenvalue weighted by atomic mass is 32.1. The van der Waals surface area contributed by atoms with Crippen LogP contribution in [0.15, 0.2) is 16.8 Å². The molecule has 0 bridgehead atoms. The van der Waals surface area contributed by atoms with Crippen LogP contribution in [0.3, 0.4) is 0 Å². The first kappa shape index (κ1) is 15.0. The fourth-order valence-corrected chi connectivity index (χ4v) is 3.72. The molecule has 1 amide bonds. The Hall–Kier alpha value is -0.950. The van der Waals surface area contributed by atoms with Gasteiger partial charge in [-0.25, -0.2) is 0 Å². The summed E-state index contributed by atoms with van der Waals surface area (Å²) < 4.78 is 5.33. The third-order valence-electron chi connectivity index (χ3n) is 4.24. The summed E-state index contributed by atoms with van der Waals surface area (Å²) >= 11 is 1.61. The monoisotopic (exact) mass is 310 g/mol. The first-order chi connectivity index (χ1) is 10.1. The molecule has 21 heavy (non-hydrogen) atoms. The topological polar surface area (TPSA) is 53.0 Å². The number of thiophene rings is 1. The standard InChI is InChI=1S/C15H22N2O3S/c18-14(9-13-1-8-21-10-13)17-3-2-15(19,12-17)11-16-4-6-20-7-5-16/h1,8,10,19H,2-7,9,11-12H2/t15-/m1/s1. The first-order valence-electron chi connectivity index (χ1n) is 7.46. The molecule has 2 fully saturated rings. The van der Waals surface area contributed by atoms with Crippen molar-refractivity contribution in [3.05, 3.63) is 22.4 Å². The zero-order valence-corrected chi connectivity index (χ0v) is 13.0. The summed E-state index contributed by atoms with van der Waals surface area (Å²) in [6.45, 7) is 4.94. The summed E-state index contributed by atoms with van der Waals surface area (Å²) in [4.78, 5) is 16.3. The Labute approximate surface area is 129 Å². The molecule has 0 saturated carbocycles. The molecule has 2 aliphatic heterocycles. The van der Waals surface area contributed by atoms with E-state index in [1.165, 1.54) is 0 Å². The van der Waals surface area contributed by atoms with Crippen molar-refractivity contribution in [2.24, 2.45) is 0 Å². The van der Waals surface area contributed by atoms with E-state index in [1.54, 1.807) is 16.2 Å². The van der Waals surface area contributed by atoms with E-state index in [1.807, 2.05) is 16.8 Å². The van der Waals surface area contributed by atoms with Gasteiger partial charge in [0, 0.05) is 26.2 Å². The van der Waals surface area contributed by atoms with E-state index in [2.05, 4.69) is 4.90 Å². The van der Waals surface area contributed by atoms with Crippen molar-refractivity contribution in [3.8, 4) is 0 Å². The van der Waals surface area contributed by atoms with Crippen LogP contribution in [0.1, 0.15) is 12.0 Å². The van der Waals surface area contributed by atoms with Crippen molar-refractivity contribution in [1.29, 1.82) is 0 Å². The predicted molar refractivity (Wildman–Crippen MR) is 81.4 cm³/mol. The number of likely N-dealkylation sites (tertiary alicyclic amines) is 1. The van der Waals surface area contributed by atoms with Crippen LogP contribution in [-0.4, -0.2) is 72.4 Å². The highest BCUT2D eigenvalue weighted by Gasteiger charge is 2.39. The molecule has 0 spiro atoms. The van der Waals surface area contributed by atoms with Gasteiger partial charge < -0.3 is 14.7 Å². The number of rotatable bonds is 4. The molecule has 0 aromatic carbocycles. The Kier molecular flexibility index (Phi) is 4.59. The van der Waals surface area contributed by atoms with Gasteiger partial charge in [-0.1, -0.05) is 0 Å². The van der Waals surface area contributed by atoms with Crippen LogP contribution in [0, 0.1) is 0 Å². The zero-order chi connectivity index (χ0) is 14.7. The first-order valence-corrected chi connectivity index (χ1v) is 8.40. The average Bonchev–Trinajstić information content (AvgIpc) is 3.10. The van der Waals surface area contributed by atoms with Crippen LogP contribution in [0.25, 0.3) is 0 Å².